The minimum absolute atomic E-state index is 0.0781. The van der Waals surface area contributed by atoms with Gasteiger partial charge in [0, 0.05) is 28.6 Å². The molecule has 1 aromatic carbocycles. The van der Waals surface area contributed by atoms with Gasteiger partial charge in [-0.05, 0) is 42.7 Å². The highest BCUT2D eigenvalue weighted by Gasteiger charge is 2.47. The number of thioether (sulfide) groups is 1. The van der Waals surface area contributed by atoms with E-state index in [4.69, 9.17) is 9.47 Å². The summed E-state index contributed by atoms with van der Waals surface area (Å²) in [5, 5.41) is 13.0. The van der Waals surface area contributed by atoms with Gasteiger partial charge in [-0.3, -0.25) is 9.59 Å². The van der Waals surface area contributed by atoms with E-state index in [1.54, 1.807) is 30.8 Å². The van der Waals surface area contributed by atoms with Gasteiger partial charge < -0.3 is 19.9 Å². The number of hydrogen-bond acceptors (Lipinski definition) is 8. The molecule has 1 aliphatic carbocycles. The van der Waals surface area contributed by atoms with Crippen molar-refractivity contribution >= 4 is 29.5 Å². The molecular weight excluding hydrogens is 430 g/mol. The molecule has 32 heavy (non-hydrogen) atoms. The van der Waals surface area contributed by atoms with E-state index in [9.17, 15) is 19.5 Å². The number of rotatable bonds is 7. The first-order valence-electron chi connectivity index (χ1n) is 10.7. The Morgan fingerprint density at radius 2 is 1.94 bits per heavy atom. The van der Waals surface area contributed by atoms with Crippen molar-refractivity contribution < 1.29 is 29.0 Å². The van der Waals surface area contributed by atoms with Crippen LogP contribution in [0.5, 0.6) is 5.75 Å². The van der Waals surface area contributed by atoms with Crippen LogP contribution >= 0.6 is 11.8 Å². The number of methoxy groups -OCH3 is 1. The average molecular weight is 460 g/mol. The third-order valence-electron chi connectivity index (χ3n) is 5.85. The Kier molecular flexibility index (Phi) is 7.66. The van der Waals surface area contributed by atoms with Crippen molar-refractivity contribution in [1.29, 1.82) is 0 Å². The fourth-order valence-electron chi connectivity index (χ4n) is 4.37. The van der Waals surface area contributed by atoms with Gasteiger partial charge in [-0.2, -0.15) is 11.8 Å². The van der Waals surface area contributed by atoms with Crippen LogP contribution in [-0.2, 0) is 23.9 Å². The highest BCUT2D eigenvalue weighted by atomic mass is 32.2. The Bertz CT molecular complexity index is 965. The molecule has 7 nitrogen and oxygen atoms in total. The van der Waals surface area contributed by atoms with E-state index in [2.05, 4.69) is 5.32 Å². The third kappa shape index (κ3) is 4.70. The van der Waals surface area contributed by atoms with Crippen LogP contribution in [-0.4, -0.2) is 48.1 Å². The summed E-state index contributed by atoms with van der Waals surface area (Å²) in [6.45, 7) is 5.93. The number of nitrogens with one attached hydrogen (secondary N) is 1. The second-order valence-electron chi connectivity index (χ2n) is 7.96. The number of hydrogen-bond donors (Lipinski definition) is 2. The number of carbonyl (C=O) groups excluding carboxylic acids is 3. The molecule has 1 aliphatic heterocycles. The number of phenolic OH excluding ortho intramolecular Hbond substituents is 1. The number of aromatic hydroxyl groups is 1. The lowest BCUT2D eigenvalue weighted by Crippen LogP contribution is -2.43. The molecule has 0 bridgehead atoms. The van der Waals surface area contributed by atoms with Crippen molar-refractivity contribution in [3.05, 3.63) is 52.4 Å². The number of benzene rings is 1. The molecule has 2 aliphatic rings. The quantitative estimate of drug-likeness (QED) is 0.364. The van der Waals surface area contributed by atoms with Gasteiger partial charge in [0.05, 0.1) is 12.7 Å². The number of carbonyl (C=O) groups is 3. The van der Waals surface area contributed by atoms with E-state index in [1.165, 1.54) is 19.2 Å². The lowest BCUT2D eigenvalue weighted by molar-refractivity contribution is -0.151. The van der Waals surface area contributed by atoms with Crippen LogP contribution in [0.15, 0.2) is 46.8 Å². The summed E-state index contributed by atoms with van der Waals surface area (Å²) in [6, 6.07) is 6.40. The summed E-state index contributed by atoms with van der Waals surface area (Å²) in [4.78, 5) is 39.1. The number of allylic oxidation sites excluding steroid dienone is 3. The standard InChI is InChI=1S/C24H29NO6S/c1-5-32-11-10-31-24(29)19-14(3)25-17-12-13(2)18(23(28)30-4)22(27)21(17)20(19)15-6-8-16(26)9-7-15/h6-9,13,18,20,25-26H,5,10-12H2,1-4H3/t13-,18+,20-/m1/s1. The normalized spacial score (nSPS) is 22.9. The fourth-order valence-corrected chi connectivity index (χ4v) is 4.86. The zero-order chi connectivity index (χ0) is 23.4. The maximum Gasteiger partial charge on any atom is 0.336 e. The van der Waals surface area contributed by atoms with Gasteiger partial charge in [-0.15, -0.1) is 0 Å². The molecule has 0 saturated heterocycles. The van der Waals surface area contributed by atoms with Gasteiger partial charge in [0.2, 0.25) is 0 Å². The average Bonchev–Trinajstić information content (AvgIpc) is 2.76. The highest BCUT2D eigenvalue weighted by Crippen LogP contribution is 2.45. The maximum absolute atomic E-state index is 13.6. The first-order valence-corrected chi connectivity index (χ1v) is 11.8. The van der Waals surface area contributed by atoms with E-state index >= 15 is 0 Å². The predicted octanol–water partition coefficient (Wildman–Crippen LogP) is 3.30. The van der Waals surface area contributed by atoms with Crippen LogP contribution in [0, 0.1) is 11.8 Å². The molecule has 3 rings (SSSR count). The van der Waals surface area contributed by atoms with Crippen molar-refractivity contribution in [2.24, 2.45) is 11.8 Å². The number of esters is 2. The lowest BCUT2D eigenvalue weighted by Gasteiger charge is -2.38. The molecule has 2 N–H and O–H groups in total. The number of dihydropyridines is 1. The molecular formula is C24H29NO6S. The first-order chi connectivity index (χ1) is 15.3. The van der Waals surface area contributed by atoms with Crippen LogP contribution in [0.4, 0.5) is 0 Å². The Labute approximate surface area is 192 Å². The molecule has 3 atom stereocenters. The van der Waals surface area contributed by atoms with Gasteiger partial charge >= 0.3 is 11.9 Å². The molecule has 1 heterocycles. The molecule has 0 fully saturated rings. The summed E-state index contributed by atoms with van der Waals surface area (Å²) in [6.07, 6.45) is 0.474. The molecule has 0 unspecified atom stereocenters. The van der Waals surface area contributed by atoms with E-state index < -0.39 is 23.8 Å². The van der Waals surface area contributed by atoms with Crippen LogP contribution < -0.4 is 5.32 Å². The van der Waals surface area contributed by atoms with Crippen molar-refractivity contribution in [3.63, 3.8) is 0 Å². The molecule has 8 heteroatoms. The lowest BCUT2D eigenvalue weighted by atomic mass is 9.69. The molecule has 0 saturated carbocycles. The Morgan fingerprint density at radius 1 is 1.25 bits per heavy atom. The first kappa shape index (κ1) is 23.9. The summed E-state index contributed by atoms with van der Waals surface area (Å²) in [5.74, 6) is -1.63. The minimum atomic E-state index is -0.934. The third-order valence-corrected chi connectivity index (χ3v) is 6.72. The molecule has 172 valence electrons. The molecule has 0 aromatic heterocycles. The van der Waals surface area contributed by atoms with E-state index in [1.807, 2.05) is 13.8 Å². The number of Topliss-reactive ketones (excluding diaryl/α,β-unsaturated/α-hetero) is 1. The van der Waals surface area contributed by atoms with Gasteiger partial charge in [-0.1, -0.05) is 26.0 Å². The van der Waals surface area contributed by atoms with Crippen molar-refractivity contribution in [1.82, 2.24) is 5.32 Å². The van der Waals surface area contributed by atoms with Crippen LogP contribution in [0.2, 0.25) is 0 Å². The molecule has 0 radical (unpaired) electrons. The summed E-state index contributed by atoms with van der Waals surface area (Å²) in [5.41, 5.74) is 2.70. The van der Waals surface area contributed by atoms with E-state index in [-0.39, 0.29) is 24.1 Å². The molecule has 0 spiro atoms. The van der Waals surface area contributed by atoms with Gasteiger partial charge in [0.25, 0.3) is 0 Å². The monoisotopic (exact) mass is 459 g/mol. The Hall–Kier alpha value is -2.74. The fraction of sp³-hybridized carbons (Fsp3) is 0.458. The molecule has 0 amide bonds. The summed E-state index contributed by atoms with van der Waals surface area (Å²) in [7, 11) is 1.27. The van der Waals surface area contributed by atoms with E-state index in [0.717, 1.165) is 5.75 Å². The van der Waals surface area contributed by atoms with Crippen molar-refractivity contribution in [3.8, 4) is 5.75 Å². The predicted molar refractivity (Wildman–Crippen MR) is 122 cm³/mol. The maximum atomic E-state index is 13.6. The summed E-state index contributed by atoms with van der Waals surface area (Å²) < 4.78 is 10.4. The second-order valence-corrected chi connectivity index (χ2v) is 9.35. The second kappa shape index (κ2) is 10.3. The zero-order valence-corrected chi connectivity index (χ0v) is 19.6. The highest BCUT2D eigenvalue weighted by molar-refractivity contribution is 7.99. The van der Waals surface area contributed by atoms with Crippen LogP contribution in [0.3, 0.4) is 0 Å². The van der Waals surface area contributed by atoms with Gasteiger partial charge in [-0.25, -0.2) is 4.79 Å². The van der Waals surface area contributed by atoms with Crippen LogP contribution in [0.25, 0.3) is 0 Å². The smallest absolute Gasteiger partial charge is 0.336 e. The SMILES string of the molecule is CCSCCOC(=O)C1=C(C)NC2=C(C(=O)[C@@H](C(=O)OC)[C@H](C)C2)[C@@H]1c1ccc(O)cc1. The minimum Gasteiger partial charge on any atom is -0.508 e. The van der Waals surface area contributed by atoms with Crippen LogP contribution in [0.1, 0.15) is 38.7 Å². The molecule has 1 aromatic rings. The summed E-state index contributed by atoms with van der Waals surface area (Å²) >= 11 is 1.67. The Morgan fingerprint density at radius 3 is 2.56 bits per heavy atom. The zero-order valence-electron chi connectivity index (χ0n) is 18.8. The van der Waals surface area contributed by atoms with Crippen molar-refractivity contribution in [2.75, 3.05) is 25.2 Å². The van der Waals surface area contributed by atoms with Crippen molar-refractivity contribution in [2.45, 2.75) is 33.1 Å². The van der Waals surface area contributed by atoms with E-state index in [0.29, 0.717) is 40.3 Å². The number of phenols is 1. The largest absolute Gasteiger partial charge is 0.508 e. The Balaban J connectivity index is 2.06. The number of ketones is 1. The number of ether oxygens (including phenoxy) is 2. The van der Waals surface area contributed by atoms with Gasteiger partial charge in [0.1, 0.15) is 18.3 Å². The topological polar surface area (TPSA) is 102 Å². The van der Waals surface area contributed by atoms with Gasteiger partial charge in [0.15, 0.2) is 5.78 Å².